The second kappa shape index (κ2) is 9.27. The van der Waals surface area contributed by atoms with Crippen molar-refractivity contribution < 1.29 is 14.3 Å². The molecule has 0 saturated carbocycles. The minimum Gasteiger partial charge on any atom is -0.462 e. The van der Waals surface area contributed by atoms with Crippen LogP contribution in [0.2, 0.25) is 0 Å². The van der Waals surface area contributed by atoms with Crippen LogP contribution in [0, 0.1) is 0 Å². The van der Waals surface area contributed by atoms with Crippen LogP contribution in [0.1, 0.15) is 17.3 Å². The molecule has 0 aliphatic heterocycles. The molecule has 3 rings (SSSR count). The zero-order chi connectivity index (χ0) is 20.6. The summed E-state index contributed by atoms with van der Waals surface area (Å²) < 4.78 is 6.59. The van der Waals surface area contributed by atoms with Crippen molar-refractivity contribution >= 4 is 24.0 Å². The van der Waals surface area contributed by atoms with E-state index in [2.05, 4.69) is 25.7 Å². The third kappa shape index (κ3) is 4.64. The van der Waals surface area contributed by atoms with Crippen molar-refractivity contribution in [3.05, 3.63) is 60.7 Å². The molecule has 9 heteroatoms. The SMILES string of the molecule is CCOC(=O)c1cnn(-c2cc(-c3cccnc3)ccc2NC(=NC)NC=O)c1. The summed E-state index contributed by atoms with van der Waals surface area (Å²) >= 11 is 0. The van der Waals surface area contributed by atoms with E-state index in [1.165, 1.54) is 6.20 Å². The summed E-state index contributed by atoms with van der Waals surface area (Å²) in [6, 6.07) is 9.44. The van der Waals surface area contributed by atoms with E-state index in [1.807, 2.05) is 30.3 Å². The molecule has 1 amide bonds. The standard InChI is InChI=1S/C20H20N6O3/c1-3-29-19(28)16-11-24-26(12-16)18-9-14(15-5-4-8-22-10-15)6-7-17(18)25-20(21-2)23-13-27/h4-13H,3H2,1-2H3,(H2,21,23,25,27). The van der Waals surface area contributed by atoms with Gasteiger partial charge in [0.1, 0.15) is 0 Å². The molecule has 0 radical (unpaired) electrons. The predicted molar refractivity (Wildman–Crippen MR) is 109 cm³/mol. The molecule has 29 heavy (non-hydrogen) atoms. The number of hydrogen-bond acceptors (Lipinski definition) is 6. The Morgan fingerprint density at radius 3 is 2.83 bits per heavy atom. The number of amides is 1. The van der Waals surface area contributed by atoms with Crippen molar-refractivity contribution in [2.45, 2.75) is 6.92 Å². The smallest absolute Gasteiger partial charge is 0.341 e. The minimum atomic E-state index is -0.449. The lowest BCUT2D eigenvalue weighted by atomic mass is 10.1. The summed E-state index contributed by atoms with van der Waals surface area (Å²) in [5, 5.41) is 9.84. The first-order valence-corrected chi connectivity index (χ1v) is 8.87. The number of anilines is 1. The van der Waals surface area contributed by atoms with Gasteiger partial charge in [-0.3, -0.25) is 20.1 Å². The number of hydrogen-bond donors (Lipinski definition) is 2. The largest absolute Gasteiger partial charge is 0.462 e. The number of aromatic nitrogens is 3. The molecule has 2 heterocycles. The van der Waals surface area contributed by atoms with Gasteiger partial charge >= 0.3 is 5.97 Å². The second-order valence-electron chi connectivity index (χ2n) is 5.83. The first-order valence-electron chi connectivity index (χ1n) is 8.87. The summed E-state index contributed by atoms with van der Waals surface area (Å²) in [5.74, 6) is -0.178. The maximum atomic E-state index is 12.0. The van der Waals surface area contributed by atoms with E-state index in [-0.39, 0.29) is 12.6 Å². The van der Waals surface area contributed by atoms with Gasteiger partial charge in [0.15, 0.2) is 0 Å². The Bertz CT molecular complexity index is 1030. The molecule has 0 fully saturated rings. The van der Waals surface area contributed by atoms with E-state index < -0.39 is 5.97 Å². The van der Waals surface area contributed by atoms with Gasteiger partial charge < -0.3 is 10.1 Å². The highest BCUT2D eigenvalue weighted by Crippen LogP contribution is 2.27. The number of nitrogens with zero attached hydrogens (tertiary/aromatic N) is 4. The number of nitrogens with one attached hydrogen (secondary N) is 2. The average molecular weight is 392 g/mol. The highest BCUT2D eigenvalue weighted by molar-refractivity contribution is 6.00. The quantitative estimate of drug-likeness (QED) is 0.288. The van der Waals surface area contributed by atoms with Crippen LogP contribution in [0.15, 0.2) is 60.1 Å². The lowest BCUT2D eigenvalue weighted by molar-refractivity contribution is -0.108. The number of guanidine groups is 1. The molecule has 148 valence electrons. The molecule has 0 unspecified atom stereocenters. The van der Waals surface area contributed by atoms with Crippen molar-refractivity contribution in [3.8, 4) is 16.8 Å². The predicted octanol–water partition coefficient (Wildman–Crippen LogP) is 2.25. The summed E-state index contributed by atoms with van der Waals surface area (Å²) in [7, 11) is 1.55. The maximum Gasteiger partial charge on any atom is 0.341 e. The molecule has 9 nitrogen and oxygen atoms in total. The first kappa shape index (κ1) is 19.7. The maximum absolute atomic E-state index is 12.0. The number of carbonyl (C=O) groups is 2. The molecule has 2 N–H and O–H groups in total. The van der Waals surface area contributed by atoms with Crippen molar-refractivity contribution in [2.24, 2.45) is 4.99 Å². The van der Waals surface area contributed by atoms with E-state index >= 15 is 0 Å². The zero-order valence-corrected chi connectivity index (χ0v) is 16.0. The number of rotatable bonds is 6. The number of aliphatic imine (C=N–C) groups is 1. The first-order chi connectivity index (χ1) is 14.2. The van der Waals surface area contributed by atoms with Crippen LogP contribution in [-0.4, -0.2) is 46.8 Å². The Kier molecular flexibility index (Phi) is 6.31. The topological polar surface area (TPSA) is 110 Å². The van der Waals surface area contributed by atoms with Gasteiger partial charge in [-0.15, -0.1) is 0 Å². The van der Waals surface area contributed by atoms with Crippen LogP contribution in [-0.2, 0) is 9.53 Å². The molecular weight excluding hydrogens is 372 g/mol. The van der Waals surface area contributed by atoms with Gasteiger partial charge in [0.2, 0.25) is 12.4 Å². The Hall–Kier alpha value is -4.01. The van der Waals surface area contributed by atoms with Gasteiger partial charge in [-0.1, -0.05) is 12.1 Å². The number of ether oxygens (including phenoxy) is 1. The van der Waals surface area contributed by atoms with Crippen LogP contribution in [0.4, 0.5) is 5.69 Å². The Morgan fingerprint density at radius 2 is 2.14 bits per heavy atom. The summed E-state index contributed by atoms with van der Waals surface area (Å²) in [4.78, 5) is 30.9. The molecule has 3 aromatic rings. The van der Waals surface area contributed by atoms with E-state index in [0.29, 0.717) is 23.3 Å². The lowest BCUT2D eigenvalue weighted by Gasteiger charge is -2.14. The molecular formula is C20H20N6O3. The molecule has 0 atom stereocenters. The number of esters is 1. The van der Waals surface area contributed by atoms with Crippen LogP contribution >= 0.6 is 0 Å². The van der Waals surface area contributed by atoms with Crippen LogP contribution in [0.3, 0.4) is 0 Å². The molecule has 2 aromatic heterocycles. The van der Waals surface area contributed by atoms with Crippen LogP contribution in [0.25, 0.3) is 16.8 Å². The van der Waals surface area contributed by atoms with E-state index in [1.54, 1.807) is 37.2 Å². The Balaban J connectivity index is 2.05. The van der Waals surface area contributed by atoms with Crippen LogP contribution in [0.5, 0.6) is 0 Å². The van der Waals surface area contributed by atoms with Crippen molar-refractivity contribution in [1.82, 2.24) is 20.1 Å². The van der Waals surface area contributed by atoms with Crippen LogP contribution < -0.4 is 10.6 Å². The van der Waals surface area contributed by atoms with Gasteiger partial charge in [0.05, 0.1) is 29.7 Å². The van der Waals surface area contributed by atoms with Gasteiger partial charge in [0, 0.05) is 31.2 Å². The average Bonchev–Trinajstić information content (AvgIpc) is 3.24. The fraction of sp³-hybridized carbons (Fsp3) is 0.150. The van der Waals surface area contributed by atoms with Gasteiger partial charge in [0.25, 0.3) is 0 Å². The van der Waals surface area contributed by atoms with Gasteiger partial charge in [-0.2, -0.15) is 5.10 Å². The van der Waals surface area contributed by atoms with Crippen molar-refractivity contribution in [3.63, 3.8) is 0 Å². The molecule has 0 bridgehead atoms. The van der Waals surface area contributed by atoms with E-state index in [4.69, 9.17) is 4.74 Å². The third-order valence-electron chi connectivity index (χ3n) is 4.01. The van der Waals surface area contributed by atoms with E-state index in [0.717, 1.165) is 11.1 Å². The van der Waals surface area contributed by atoms with E-state index in [9.17, 15) is 9.59 Å². The fourth-order valence-electron chi connectivity index (χ4n) is 2.65. The summed E-state index contributed by atoms with van der Waals surface area (Å²) in [6.07, 6.45) is 7.02. The molecule has 0 aliphatic rings. The monoisotopic (exact) mass is 392 g/mol. The number of pyridine rings is 1. The molecule has 0 saturated heterocycles. The normalized spacial score (nSPS) is 11.0. The van der Waals surface area contributed by atoms with Gasteiger partial charge in [-0.05, 0) is 30.7 Å². The van der Waals surface area contributed by atoms with Gasteiger partial charge in [-0.25, -0.2) is 9.48 Å². The highest BCUT2D eigenvalue weighted by Gasteiger charge is 2.14. The number of carbonyl (C=O) groups excluding carboxylic acids is 2. The Morgan fingerprint density at radius 1 is 1.28 bits per heavy atom. The minimum absolute atomic E-state index is 0.271. The summed E-state index contributed by atoms with van der Waals surface area (Å²) in [5.41, 5.74) is 3.44. The summed E-state index contributed by atoms with van der Waals surface area (Å²) in [6.45, 7) is 2.02. The lowest BCUT2D eigenvalue weighted by Crippen LogP contribution is -2.29. The fourth-order valence-corrected chi connectivity index (χ4v) is 2.65. The molecule has 1 aromatic carbocycles. The van der Waals surface area contributed by atoms with Crippen molar-refractivity contribution in [1.29, 1.82) is 0 Å². The second-order valence-corrected chi connectivity index (χ2v) is 5.83. The highest BCUT2D eigenvalue weighted by atomic mass is 16.5. The number of benzene rings is 1. The third-order valence-corrected chi connectivity index (χ3v) is 4.01. The Labute approximate surface area is 167 Å². The van der Waals surface area contributed by atoms with Crippen molar-refractivity contribution in [2.75, 3.05) is 19.0 Å². The molecule has 0 spiro atoms. The molecule has 0 aliphatic carbocycles. The zero-order valence-electron chi connectivity index (χ0n) is 16.0.